The number of nitrogens with two attached hydrogens (primary N) is 3. The third kappa shape index (κ3) is 11.3. The molecule has 0 heterocycles. The molecule has 0 aliphatic heterocycles. The van der Waals surface area contributed by atoms with E-state index in [1.807, 2.05) is 7.05 Å². The summed E-state index contributed by atoms with van der Waals surface area (Å²) in [4.78, 5) is 0. The molecule has 0 fully saturated rings. The van der Waals surface area contributed by atoms with Crippen LogP contribution in [-0.4, -0.2) is 86.1 Å². The first-order valence-electron chi connectivity index (χ1n) is 7.80. The van der Waals surface area contributed by atoms with E-state index >= 15 is 0 Å². The first-order valence-corrected chi connectivity index (χ1v) is 7.80. The van der Waals surface area contributed by atoms with Crippen LogP contribution in [0.4, 0.5) is 0 Å². The van der Waals surface area contributed by atoms with Crippen LogP contribution in [0, 0.1) is 5.41 Å². The predicted molar refractivity (Wildman–Crippen MR) is 86.8 cm³/mol. The van der Waals surface area contributed by atoms with Crippen molar-refractivity contribution in [2.45, 2.75) is 0 Å². The maximum Gasteiger partial charge on any atom is 0.0637 e. The summed E-state index contributed by atoms with van der Waals surface area (Å²) in [5, 5.41) is 3.04. The second-order valence-corrected chi connectivity index (χ2v) is 5.18. The Bertz CT molecular complexity index is 208. The quantitative estimate of drug-likeness (QED) is 0.230. The minimum absolute atomic E-state index is 0.382. The average molecular weight is 322 g/mol. The van der Waals surface area contributed by atoms with Crippen LogP contribution in [0.15, 0.2) is 0 Å². The molecule has 22 heavy (non-hydrogen) atoms. The molecule has 0 aliphatic rings. The Hall–Kier alpha value is -0.320. The molecule has 8 nitrogen and oxygen atoms in total. The molecule has 134 valence electrons. The van der Waals surface area contributed by atoms with E-state index in [-0.39, 0.29) is 5.41 Å². The Kier molecular flexibility index (Phi) is 15.3. The molecule has 0 aliphatic carbocycles. The Labute approximate surface area is 134 Å². The lowest BCUT2D eigenvalue weighted by Gasteiger charge is -2.33. The van der Waals surface area contributed by atoms with Gasteiger partial charge >= 0.3 is 0 Å². The van der Waals surface area contributed by atoms with Crippen LogP contribution in [0.5, 0.6) is 0 Å². The molecule has 0 atom stereocenters. The highest BCUT2D eigenvalue weighted by Gasteiger charge is 2.32. The molecule has 0 aromatic carbocycles. The Balaban J connectivity index is 4.53. The molecule has 0 bridgehead atoms. The standard InChI is InChI=1S/C14H34N4O4/c1-18-5-9-22-13-14(10-19-6-2-15,11-20-7-3-16)12-21-8-4-17/h18H,2-13,15-17H2,1H3. The van der Waals surface area contributed by atoms with Crippen molar-refractivity contribution in [2.24, 2.45) is 22.6 Å². The van der Waals surface area contributed by atoms with Gasteiger partial charge in [0.05, 0.1) is 58.3 Å². The fourth-order valence-electron chi connectivity index (χ4n) is 1.83. The average Bonchev–Trinajstić information content (AvgIpc) is 2.52. The van der Waals surface area contributed by atoms with Gasteiger partial charge in [-0.2, -0.15) is 0 Å². The largest absolute Gasteiger partial charge is 0.379 e. The van der Waals surface area contributed by atoms with Gasteiger partial charge in [-0.15, -0.1) is 0 Å². The van der Waals surface area contributed by atoms with Gasteiger partial charge in [0, 0.05) is 26.2 Å². The summed E-state index contributed by atoms with van der Waals surface area (Å²) < 4.78 is 22.6. The summed E-state index contributed by atoms with van der Waals surface area (Å²) in [5.41, 5.74) is 16.1. The molecule has 7 N–H and O–H groups in total. The molecule has 0 aromatic heterocycles. The molecule has 0 radical (unpaired) electrons. The van der Waals surface area contributed by atoms with Crippen molar-refractivity contribution >= 4 is 0 Å². The van der Waals surface area contributed by atoms with Crippen molar-refractivity contribution in [1.29, 1.82) is 0 Å². The zero-order valence-corrected chi connectivity index (χ0v) is 13.9. The van der Waals surface area contributed by atoms with Gasteiger partial charge in [-0.05, 0) is 7.05 Å². The maximum atomic E-state index is 5.74. The molecule has 0 spiro atoms. The highest BCUT2D eigenvalue weighted by Crippen LogP contribution is 2.20. The van der Waals surface area contributed by atoms with Crippen LogP contribution in [-0.2, 0) is 18.9 Å². The van der Waals surface area contributed by atoms with Gasteiger partial charge in [-0.1, -0.05) is 0 Å². The van der Waals surface area contributed by atoms with Gasteiger partial charge in [-0.3, -0.25) is 0 Å². The molecule has 0 aromatic rings. The van der Waals surface area contributed by atoms with E-state index in [1.165, 1.54) is 0 Å². The van der Waals surface area contributed by atoms with Crippen molar-refractivity contribution in [2.75, 3.05) is 86.1 Å². The molecule has 0 unspecified atom stereocenters. The molecule has 0 saturated carbocycles. The van der Waals surface area contributed by atoms with Crippen molar-refractivity contribution < 1.29 is 18.9 Å². The second-order valence-electron chi connectivity index (χ2n) is 5.18. The van der Waals surface area contributed by atoms with E-state index in [0.29, 0.717) is 72.5 Å². The van der Waals surface area contributed by atoms with Crippen LogP contribution >= 0.6 is 0 Å². The SMILES string of the molecule is CNCCOCC(COCCN)(COCCN)COCCN. The third-order valence-electron chi connectivity index (χ3n) is 2.92. The minimum atomic E-state index is -0.382. The maximum absolute atomic E-state index is 5.74. The van der Waals surface area contributed by atoms with E-state index in [2.05, 4.69) is 5.32 Å². The summed E-state index contributed by atoms with van der Waals surface area (Å²) >= 11 is 0. The Morgan fingerprint density at radius 3 is 1.36 bits per heavy atom. The first-order chi connectivity index (χ1) is 10.7. The van der Waals surface area contributed by atoms with Gasteiger partial charge in [0.2, 0.25) is 0 Å². The molecule has 8 heteroatoms. The Morgan fingerprint density at radius 1 is 0.682 bits per heavy atom. The van der Waals surface area contributed by atoms with Crippen LogP contribution in [0.2, 0.25) is 0 Å². The van der Waals surface area contributed by atoms with Crippen LogP contribution in [0.25, 0.3) is 0 Å². The van der Waals surface area contributed by atoms with Crippen molar-refractivity contribution in [3.63, 3.8) is 0 Å². The summed E-state index contributed by atoms with van der Waals surface area (Å²) in [6, 6.07) is 0. The first kappa shape index (κ1) is 21.7. The number of likely N-dealkylation sites (N-methyl/N-ethyl adjacent to an activating group) is 1. The van der Waals surface area contributed by atoms with Gasteiger partial charge in [0.15, 0.2) is 0 Å². The summed E-state index contributed by atoms with van der Waals surface area (Å²) in [5.74, 6) is 0. The van der Waals surface area contributed by atoms with Crippen LogP contribution < -0.4 is 22.5 Å². The molecule has 0 amide bonds. The van der Waals surface area contributed by atoms with Crippen LogP contribution in [0.3, 0.4) is 0 Å². The number of rotatable bonds is 17. The zero-order chi connectivity index (χ0) is 16.5. The molecule has 0 saturated heterocycles. The van der Waals surface area contributed by atoms with E-state index in [4.69, 9.17) is 36.1 Å². The number of hydrogen-bond donors (Lipinski definition) is 4. The molecular formula is C14H34N4O4. The van der Waals surface area contributed by atoms with Crippen molar-refractivity contribution in [3.05, 3.63) is 0 Å². The monoisotopic (exact) mass is 322 g/mol. The molecular weight excluding hydrogens is 288 g/mol. The van der Waals surface area contributed by atoms with E-state index in [0.717, 1.165) is 6.54 Å². The number of nitrogens with one attached hydrogen (secondary N) is 1. The summed E-state index contributed by atoms with van der Waals surface area (Å²) in [7, 11) is 1.88. The highest BCUT2D eigenvalue weighted by atomic mass is 16.5. The van der Waals surface area contributed by atoms with E-state index in [9.17, 15) is 0 Å². The van der Waals surface area contributed by atoms with E-state index in [1.54, 1.807) is 0 Å². The smallest absolute Gasteiger partial charge is 0.0637 e. The predicted octanol–water partition coefficient (Wildman–Crippen LogP) is -1.87. The van der Waals surface area contributed by atoms with Crippen LogP contribution in [0.1, 0.15) is 0 Å². The topological polar surface area (TPSA) is 127 Å². The van der Waals surface area contributed by atoms with Crippen molar-refractivity contribution in [1.82, 2.24) is 5.32 Å². The normalized spacial score (nSPS) is 12.0. The number of ether oxygens (including phenoxy) is 4. The third-order valence-corrected chi connectivity index (χ3v) is 2.92. The lowest BCUT2D eigenvalue weighted by Crippen LogP contribution is -2.43. The second kappa shape index (κ2) is 15.6. The lowest BCUT2D eigenvalue weighted by atomic mass is 9.92. The fourth-order valence-corrected chi connectivity index (χ4v) is 1.83. The van der Waals surface area contributed by atoms with Gasteiger partial charge in [-0.25, -0.2) is 0 Å². The zero-order valence-electron chi connectivity index (χ0n) is 13.9. The minimum Gasteiger partial charge on any atom is -0.379 e. The number of hydrogen-bond acceptors (Lipinski definition) is 8. The van der Waals surface area contributed by atoms with Gasteiger partial charge in [0.25, 0.3) is 0 Å². The molecule has 0 rings (SSSR count). The Morgan fingerprint density at radius 2 is 1.05 bits per heavy atom. The lowest BCUT2D eigenvalue weighted by molar-refractivity contribution is -0.104. The highest BCUT2D eigenvalue weighted by molar-refractivity contribution is 4.79. The fraction of sp³-hybridized carbons (Fsp3) is 1.00. The van der Waals surface area contributed by atoms with E-state index < -0.39 is 0 Å². The summed E-state index contributed by atoms with van der Waals surface area (Å²) in [6.45, 7) is 6.16. The van der Waals surface area contributed by atoms with Crippen molar-refractivity contribution in [3.8, 4) is 0 Å². The summed E-state index contributed by atoms with van der Waals surface area (Å²) in [6.07, 6.45) is 0. The van der Waals surface area contributed by atoms with Gasteiger partial charge < -0.3 is 41.5 Å². The van der Waals surface area contributed by atoms with Gasteiger partial charge in [0.1, 0.15) is 0 Å².